The third-order valence-corrected chi connectivity index (χ3v) is 2.22. The second-order valence-corrected chi connectivity index (χ2v) is 4.84. The lowest BCUT2D eigenvalue weighted by Crippen LogP contribution is -2.05. The minimum Gasteiger partial charge on any atom is -0.381 e. The lowest BCUT2D eigenvalue weighted by molar-refractivity contribution is 0.124. The maximum Gasteiger partial charge on any atom is 0.264 e. The van der Waals surface area contributed by atoms with Gasteiger partial charge < -0.3 is 4.74 Å². The average Bonchev–Trinajstić information content (AvgIpc) is 2.08. The number of unbranched alkanes of at least 4 members (excludes halogenated alkanes) is 2. The standard InChI is InChI=1S/C9H20O4S/c1-3-4-7-12-8-5-6-9-13-14(2,10)11/h3-9H2,1-2H3. The van der Waals surface area contributed by atoms with Gasteiger partial charge >= 0.3 is 0 Å². The Morgan fingerprint density at radius 1 is 1.00 bits per heavy atom. The fourth-order valence-electron chi connectivity index (χ4n) is 0.865. The van der Waals surface area contributed by atoms with Crippen LogP contribution in [-0.2, 0) is 19.0 Å². The molecular weight excluding hydrogens is 204 g/mol. The number of hydrogen-bond acceptors (Lipinski definition) is 4. The summed E-state index contributed by atoms with van der Waals surface area (Å²) in [7, 11) is -3.27. The van der Waals surface area contributed by atoms with Crippen LogP contribution in [0, 0.1) is 0 Å². The summed E-state index contributed by atoms with van der Waals surface area (Å²) in [5, 5.41) is 0. The van der Waals surface area contributed by atoms with E-state index in [9.17, 15) is 8.42 Å². The Hall–Kier alpha value is -0.130. The molecule has 4 nitrogen and oxygen atoms in total. The van der Waals surface area contributed by atoms with Crippen LogP contribution in [0.15, 0.2) is 0 Å². The van der Waals surface area contributed by atoms with Gasteiger partial charge in [-0.25, -0.2) is 0 Å². The first kappa shape index (κ1) is 13.9. The molecule has 5 heteroatoms. The summed E-state index contributed by atoms with van der Waals surface area (Å²) in [6, 6.07) is 0. The number of hydrogen-bond donors (Lipinski definition) is 0. The minimum absolute atomic E-state index is 0.260. The third kappa shape index (κ3) is 11.9. The van der Waals surface area contributed by atoms with Crippen LogP contribution >= 0.6 is 0 Å². The Morgan fingerprint density at radius 2 is 1.57 bits per heavy atom. The van der Waals surface area contributed by atoms with Crippen LogP contribution in [0.3, 0.4) is 0 Å². The van der Waals surface area contributed by atoms with Crippen molar-refractivity contribution in [2.45, 2.75) is 32.6 Å². The maximum absolute atomic E-state index is 10.6. The SMILES string of the molecule is CCCCOCCCCOS(C)(=O)=O. The van der Waals surface area contributed by atoms with Crippen molar-refractivity contribution in [1.82, 2.24) is 0 Å². The molecule has 0 saturated heterocycles. The second-order valence-electron chi connectivity index (χ2n) is 3.20. The van der Waals surface area contributed by atoms with Gasteiger partial charge in [-0.05, 0) is 19.3 Å². The Morgan fingerprint density at radius 3 is 2.14 bits per heavy atom. The smallest absolute Gasteiger partial charge is 0.264 e. The average molecular weight is 224 g/mol. The van der Waals surface area contributed by atoms with Gasteiger partial charge in [0, 0.05) is 13.2 Å². The highest BCUT2D eigenvalue weighted by molar-refractivity contribution is 7.85. The van der Waals surface area contributed by atoms with Crippen molar-refractivity contribution < 1.29 is 17.3 Å². The van der Waals surface area contributed by atoms with E-state index in [1.165, 1.54) is 0 Å². The maximum atomic E-state index is 10.6. The first-order valence-corrected chi connectivity index (χ1v) is 6.80. The van der Waals surface area contributed by atoms with Gasteiger partial charge in [0.15, 0.2) is 0 Å². The molecule has 0 saturated carbocycles. The van der Waals surface area contributed by atoms with E-state index < -0.39 is 10.1 Å². The predicted octanol–water partition coefficient (Wildman–Crippen LogP) is 1.56. The fraction of sp³-hybridized carbons (Fsp3) is 1.00. The van der Waals surface area contributed by atoms with Crippen LogP contribution in [0.4, 0.5) is 0 Å². The molecule has 14 heavy (non-hydrogen) atoms. The molecule has 0 rings (SSSR count). The zero-order chi connectivity index (χ0) is 10.9. The summed E-state index contributed by atoms with van der Waals surface area (Å²) in [6.45, 7) is 3.86. The van der Waals surface area contributed by atoms with Crippen LogP contribution in [0.1, 0.15) is 32.6 Å². The highest BCUT2D eigenvalue weighted by Gasteiger charge is 1.99. The van der Waals surface area contributed by atoms with Gasteiger partial charge in [0.25, 0.3) is 10.1 Å². The molecule has 0 unspecified atom stereocenters. The highest BCUT2D eigenvalue weighted by Crippen LogP contribution is 1.96. The van der Waals surface area contributed by atoms with Crippen LogP contribution < -0.4 is 0 Å². The summed E-state index contributed by atoms with van der Waals surface area (Å²) in [6.07, 6.45) is 4.85. The molecule has 0 spiro atoms. The van der Waals surface area contributed by atoms with E-state index in [-0.39, 0.29) is 6.61 Å². The van der Waals surface area contributed by atoms with Crippen LogP contribution in [0.5, 0.6) is 0 Å². The Labute approximate surface area is 86.7 Å². The first-order chi connectivity index (χ1) is 6.56. The summed E-state index contributed by atoms with van der Waals surface area (Å²) in [5.74, 6) is 0. The van der Waals surface area contributed by atoms with Gasteiger partial charge in [-0.1, -0.05) is 13.3 Å². The molecule has 0 fully saturated rings. The molecule has 0 aromatic rings. The molecule has 0 aliphatic rings. The zero-order valence-corrected chi connectivity index (χ0v) is 9.81. The van der Waals surface area contributed by atoms with E-state index in [1.54, 1.807) is 0 Å². The molecule has 0 aliphatic heterocycles. The molecule has 0 heterocycles. The number of ether oxygens (including phenoxy) is 1. The molecule has 0 aliphatic carbocycles. The van der Waals surface area contributed by atoms with Gasteiger partial charge in [0.1, 0.15) is 0 Å². The molecule has 0 amide bonds. The van der Waals surface area contributed by atoms with Crippen molar-refractivity contribution >= 4 is 10.1 Å². The van der Waals surface area contributed by atoms with E-state index in [1.807, 2.05) is 0 Å². The molecule has 0 aromatic heterocycles. The van der Waals surface area contributed by atoms with E-state index in [2.05, 4.69) is 11.1 Å². The highest BCUT2D eigenvalue weighted by atomic mass is 32.2. The van der Waals surface area contributed by atoms with E-state index in [0.717, 1.165) is 38.5 Å². The van der Waals surface area contributed by atoms with E-state index in [4.69, 9.17) is 4.74 Å². The van der Waals surface area contributed by atoms with Crippen LogP contribution in [0.25, 0.3) is 0 Å². The summed E-state index contributed by atoms with van der Waals surface area (Å²) < 4.78 is 31.0. The van der Waals surface area contributed by atoms with Gasteiger partial charge in [0.05, 0.1) is 12.9 Å². The normalized spacial score (nSPS) is 11.9. The topological polar surface area (TPSA) is 52.6 Å². The fourth-order valence-corrected chi connectivity index (χ4v) is 1.29. The molecule has 0 radical (unpaired) electrons. The Kier molecular flexibility index (Phi) is 8.12. The van der Waals surface area contributed by atoms with Crippen molar-refractivity contribution in [1.29, 1.82) is 0 Å². The third-order valence-electron chi connectivity index (χ3n) is 1.62. The zero-order valence-electron chi connectivity index (χ0n) is 8.99. The van der Waals surface area contributed by atoms with E-state index >= 15 is 0 Å². The molecule has 0 aromatic carbocycles. The van der Waals surface area contributed by atoms with E-state index in [0.29, 0.717) is 6.61 Å². The molecule has 0 N–H and O–H groups in total. The van der Waals surface area contributed by atoms with Crippen LogP contribution in [0.2, 0.25) is 0 Å². The molecule has 0 atom stereocenters. The molecule has 0 bridgehead atoms. The van der Waals surface area contributed by atoms with Crippen molar-refractivity contribution in [2.75, 3.05) is 26.1 Å². The lowest BCUT2D eigenvalue weighted by Gasteiger charge is -2.03. The largest absolute Gasteiger partial charge is 0.381 e. The van der Waals surface area contributed by atoms with Crippen molar-refractivity contribution in [3.8, 4) is 0 Å². The van der Waals surface area contributed by atoms with Crippen molar-refractivity contribution in [2.24, 2.45) is 0 Å². The summed E-state index contributed by atoms with van der Waals surface area (Å²) in [4.78, 5) is 0. The Bertz CT molecular complexity index is 211. The van der Waals surface area contributed by atoms with Gasteiger partial charge in [-0.2, -0.15) is 8.42 Å². The lowest BCUT2D eigenvalue weighted by atomic mass is 10.3. The first-order valence-electron chi connectivity index (χ1n) is 4.98. The molecule has 86 valence electrons. The molecular formula is C9H20O4S. The monoisotopic (exact) mass is 224 g/mol. The van der Waals surface area contributed by atoms with Crippen molar-refractivity contribution in [3.63, 3.8) is 0 Å². The van der Waals surface area contributed by atoms with Gasteiger partial charge in [-0.3, -0.25) is 4.18 Å². The predicted molar refractivity (Wildman–Crippen MR) is 55.8 cm³/mol. The summed E-state index contributed by atoms with van der Waals surface area (Å²) in [5.41, 5.74) is 0. The number of rotatable bonds is 9. The van der Waals surface area contributed by atoms with Crippen molar-refractivity contribution in [3.05, 3.63) is 0 Å². The second kappa shape index (κ2) is 8.20. The Balaban J connectivity index is 3.07. The summed E-state index contributed by atoms with van der Waals surface area (Å²) >= 11 is 0. The minimum atomic E-state index is -3.27. The van der Waals surface area contributed by atoms with Gasteiger partial charge in [0.2, 0.25) is 0 Å². The van der Waals surface area contributed by atoms with Gasteiger partial charge in [-0.15, -0.1) is 0 Å². The quantitative estimate of drug-likeness (QED) is 0.440. The van der Waals surface area contributed by atoms with Crippen LogP contribution in [-0.4, -0.2) is 34.5 Å².